The number of nitrogens with one attached hydrogen (secondary N) is 1. The lowest BCUT2D eigenvalue weighted by atomic mass is 10.0. The van der Waals surface area contributed by atoms with Crippen LogP contribution in [0.2, 0.25) is 5.02 Å². The zero-order chi connectivity index (χ0) is 20.4. The van der Waals surface area contributed by atoms with E-state index in [1.54, 1.807) is 36.4 Å². The number of rotatable bonds is 5. The fraction of sp³-hybridized carbons (Fsp3) is 0.0870. The lowest BCUT2D eigenvalue weighted by molar-refractivity contribution is -0.121. The van der Waals surface area contributed by atoms with E-state index >= 15 is 0 Å². The fourth-order valence-electron chi connectivity index (χ4n) is 3.36. The van der Waals surface area contributed by atoms with Gasteiger partial charge in [0.15, 0.2) is 5.78 Å². The number of anilines is 2. The molecule has 4 rings (SSSR count). The van der Waals surface area contributed by atoms with Crippen LogP contribution >= 0.6 is 11.6 Å². The summed E-state index contributed by atoms with van der Waals surface area (Å²) in [7, 11) is 0. The Labute approximate surface area is 172 Å². The van der Waals surface area contributed by atoms with Gasteiger partial charge in [-0.15, -0.1) is 0 Å². The first kappa shape index (κ1) is 18.9. The lowest BCUT2D eigenvalue weighted by Gasteiger charge is -2.19. The molecule has 1 aliphatic heterocycles. The molecule has 6 heteroatoms. The van der Waals surface area contributed by atoms with Crippen molar-refractivity contribution < 1.29 is 14.4 Å². The zero-order valence-corrected chi connectivity index (χ0v) is 16.1. The van der Waals surface area contributed by atoms with Crippen molar-refractivity contribution >= 4 is 40.6 Å². The Kier molecular flexibility index (Phi) is 5.14. The normalized spacial score (nSPS) is 16.2. The van der Waals surface area contributed by atoms with E-state index in [1.807, 2.05) is 36.4 Å². The predicted octanol–water partition coefficient (Wildman–Crippen LogP) is 4.32. The van der Waals surface area contributed by atoms with Gasteiger partial charge in [-0.25, -0.2) is 4.90 Å². The molecule has 0 bridgehead atoms. The van der Waals surface area contributed by atoms with Gasteiger partial charge in [0.25, 0.3) is 5.91 Å². The quantitative estimate of drug-likeness (QED) is 0.508. The van der Waals surface area contributed by atoms with E-state index in [4.69, 9.17) is 11.6 Å². The van der Waals surface area contributed by atoms with E-state index in [9.17, 15) is 14.4 Å². The van der Waals surface area contributed by atoms with Crippen LogP contribution in [0.3, 0.4) is 0 Å². The van der Waals surface area contributed by atoms with Crippen molar-refractivity contribution in [2.24, 2.45) is 0 Å². The van der Waals surface area contributed by atoms with Gasteiger partial charge in [0.1, 0.15) is 6.04 Å². The molecule has 1 atom stereocenters. The highest BCUT2D eigenvalue weighted by Gasteiger charge is 2.41. The van der Waals surface area contributed by atoms with E-state index in [1.165, 1.54) is 6.07 Å². The highest BCUT2D eigenvalue weighted by Crippen LogP contribution is 2.31. The summed E-state index contributed by atoms with van der Waals surface area (Å²) in [5, 5.41) is 3.44. The maximum Gasteiger partial charge on any atom is 0.256 e. The number of para-hydroxylation sites is 1. The number of benzene rings is 3. The van der Waals surface area contributed by atoms with Gasteiger partial charge >= 0.3 is 0 Å². The zero-order valence-electron chi connectivity index (χ0n) is 15.3. The molecule has 1 aliphatic rings. The smallest absolute Gasteiger partial charge is 0.256 e. The Bertz CT molecular complexity index is 1080. The third-order valence-electron chi connectivity index (χ3n) is 4.74. The number of nitrogens with zero attached hydrogens (tertiary/aromatic N) is 1. The molecular formula is C23H17ClN2O3. The van der Waals surface area contributed by atoms with Crippen LogP contribution in [-0.2, 0) is 9.59 Å². The Morgan fingerprint density at radius 2 is 1.59 bits per heavy atom. The van der Waals surface area contributed by atoms with Gasteiger partial charge in [-0.1, -0.05) is 60.1 Å². The number of imide groups is 1. The number of carbonyl (C=O) groups is 3. The standard InChI is InChI=1S/C23H17ClN2O3/c24-16-11-12-20(18(13-16)22(28)15-7-3-1-4-8-15)26-21(27)14-19(23(26)29)25-17-9-5-2-6-10-17/h1-13,19,25H,14H2/t19-/m1/s1. The molecule has 1 saturated heterocycles. The Morgan fingerprint density at radius 3 is 2.28 bits per heavy atom. The summed E-state index contributed by atoms with van der Waals surface area (Å²) in [5.41, 5.74) is 1.66. The van der Waals surface area contributed by atoms with Crippen molar-refractivity contribution in [3.8, 4) is 0 Å². The molecule has 0 unspecified atom stereocenters. The number of hydrogen-bond donors (Lipinski definition) is 1. The fourth-order valence-corrected chi connectivity index (χ4v) is 3.54. The summed E-state index contributed by atoms with van der Waals surface area (Å²) in [4.78, 5) is 39.8. The minimum absolute atomic E-state index is 0.00925. The number of amides is 2. The van der Waals surface area contributed by atoms with Crippen molar-refractivity contribution in [3.63, 3.8) is 0 Å². The molecule has 3 aromatic rings. The minimum Gasteiger partial charge on any atom is -0.373 e. The predicted molar refractivity (Wildman–Crippen MR) is 112 cm³/mol. The topological polar surface area (TPSA) is 66.5 Å². The molecule has 1 heterocycles. The summed E-state index contributed by atoms with van der Waals surface area (Å²) >= 11 is 6.11. The van der Waals surface area contributed by atoms with Crippen molar-refractivity contribution in [3.05, 3.63) is 95.0 Å². The van der Waals surface area contributed by atoms with Crippen LogP contribution in [0.25, 0.3) is 0 Å². The second-order valence-electron chi connectivity index (χ2n) is 6.69. The molecule has 0 radical (unpaired) electrons. The van der Waals surface area contributed by atoms with Gasteiger partial charge in [0.2, 0.25) is 5.91 Å². The van der Waals surface area contributed by atoms with Crippen LogP contribution in [-0.4, -0.2) is 23.6 Å². The lowest BCUT2D eigenvalue weighted by Crippen LogP contribution is -2.35. The molecule has 3 aromatic carbocycles. The van der Waals surface area contributed by atoms with Crippen LogP contribution < -0.4 is 10.2 Å². The van der Waals surface area contributed by atoms with Gasteiger partial charge < -0.3 is 5.32 Å². The van der Waals surface area contributed by atoms with E-state index in [0.29, 0.717) is 10.6 Å². The molecule has 0 aliphatic carbocycles. The molecule has 1 fully saturated rings. The molecule has 1 N–H and O–H groups in total. The number of ketones is 1. The van der Waals surface area contributed by atoms with Crippen molar-refractivity contribution in [2.45, 2.75) is 12.5 Å². The second-order valence-corrected chi connectivity index (χ2v) is 7.13. The van der Waals surface area contributed by atoms with Gasteiger partial charge in [0, 0.05) is 21.8 Å². The average Bonchev–Trinajstić information content (AvgIpc) is 3.02. The monoisotopic (exact) mass is 404 g/mol. The third kappa shape index (κ3) is 3.77. The van der Waals surface area contributed by atoms with Crippen LogP contribution in [0.5, 0.6) is 0 Å². The maximum atomic E-state index is 13.0. The van der Waals surface area contributed by atoms with Crippen LogP contribution in [0.4, 0.5) is 11.4 Å². The highest BCUT2D eigenvalue weighted by atomic mass is 35.5. The molecule has 2 amide bonds. The van der Waals surface area contributed by atoms with Gasteiger partial charge in [0.05, 0.1) is 12.1 Å². The first-order chi connectivity index (χ1) is 14.0. The summed E-state index contributed by atoms with van der Waals surface area (Å²) in [6.45, 7) is 0. The first-order valence-electron chi connectivity index (χ1n) is 9.12. The SMILES string of the molecule is O=C(c1ccccc1)c1cc(Cl)ccc1N1C(=O)C[C@@H](Nc2ccccc2)C1=O. The van der Waals surface area contributed by atoms with E-state index in [2.05, 4.69) is 5.32 Å². The molecular weight excluding hydrogens is 388 g/mol. The Hall–Kier alpha value is -3.44. The molecule has 5 nitrogen and oxygen atoms in total. The summed E-state index contributed by atoms with van der Waals surface area (Å²) < 4.78 is 0. The van der Waals surface area contributed by atoms with Crippen LogP contribution in [0.1, 0.15) is 22.3 Å². The first-order valence-corrected chi connectivity index (χ1v) is 9.50. The van der Waals surface area contributed by atoms with E-state index in [0.717, 1.165) is 10.6 Å². The second kappa shape index (κ2) is 7.89. The van der Waals surface area contributed by atoms with E-state index < -0.39 is 11.9 Å². The van der Waals surface area contributed by atoms with E-state index in [-0.39, 0.29) is 29.4 Å². The molecule has 0 saturated carbocycles. The number of hydrogen-bond acceptors (Lipinski definition) is 4. The number of halogens is 1. The van der Waals surface area contributed by atoms with Crippen LogP contribution in [0, 0.1) is 0 Å². The van der Waals surface area contributed by atoms with Gasteiger partial charge in [-0.3, -0.25) is 14.4 Å². The van der Waals surface area contributed by atoms with Crippen molar-refractivity contribution in [1.82, 2.24) is 0 Å². The van der Waals surface area contributed by atoms with Crippen LogP contribution in [0.15, 0.2) is 78.9 Å². The summed E-state index contributed by atoms with van der Waals surface area (Å²) in [6.07, 6.45) is 0.00925. The average molecular weight is 405 g/mol. The van der Waals surface area contributed by atoms with Gasteiger partial charge in [-0.05, 0) is 30.3 Å². The molecule has 0 aromatic heterocycles. The highest BCUT2D eigenvalue weighted by molar-refractivity contribution is 6.32. The third-order valence-corrected chi connectivity index (χ3v) is 4.98. The molecule has 144 valence electrons. The minimum atomic E-state index is -0.694. The molecule has 29 heavy (non-hydrogen) atoms. The number of carbonyl (C=O) groups excluding carboxylic acids is 3. The molecule has 0 spiro atoms. The largest absolute Gasteiger partial charge is 0.373 e. The van der Waals surface area contributed by atoms with Crippen molar-refractivity contribution in [1.29, 1.82) is 0 Å². The maximum absolute atomic E-state index is 13.0. The Morgan fingerprint density at radius 1 is 0.931 bits per heavy atom. The summed E-state index contributed by atoms with van der Waals surface area (Å²) in [6, 6.07) is 21.8. The summed E-state index contributed by atoms with van der Waals surface area (Å²) in [5.74, 6) is -1.07. The van der Waals surface area contributed by atoms with Gasteiger partial charge in [-0.2, -0.15) is 0 Å². The Balaban J connectivity index is 1.68. The van der Waals surface area contributed by atoms with Crippen molar-refractivity contribution in [2.75, 3.05) is 10.2 Å².